The molecule has 3 aliphatic carbocycles. The quantitative estimate of drug-likeness (QED) is 0.548. The van der Waals surface area contributed by atoms with Crippen molar-refractivity contribution in [3.05, 3.63) is 58.6 Å². The first kappa shape index (κ1) is 25.2. The van der Waals surface area contributed by atoms with Gasteiger partial charge in [0.15, 0.2) is 6.61 Å². The van der Waals surface area contributed by atoms with Gasteiger partial charge in [0.25, 0.3) is 11.8 Å². The molecule has 3 saturated carbocycles. The lowest BCUT2D eigenvalue weighted by atomic mass is 9.60. The van der Waals surface area contributed by atoms with E-state index in [0.717, 1.165) is 18.3 Å². The highest BCUT2D eigenvalue weighted by Crippen LogP contribution is 2.48. The second kappa shape index (κ2) is 9.25. The van der Waals surface area contributed by atoms with Gasteiger partial charge in [-0.05, 0) is 49.9 Å². The number of aromatic nitrogens is 1. The van der Waals surface area contributed by atoms with Gasteiger partial charge in [-0.1, -0.05) is 11.6 Å². The molecule has 0 unspecified atom stereocenters. The summed E-state index contributed by atoms with van der Waals surface area (Å²) in [5, 5.41) is 5.39. The van der Waals surface area contributed by atoms with Crippen LogP contribution in [0.1, 0.15) is 48.2 Å². The van der Waals surface area contributed by atoms with E-state index >= 15 is 4.39 Å². The molecule has 2 amide bonds. The molecular weight excluding hydrogens is 497 g/mol. The molecule has 2 N–H and O–H groups in total. The van der Waals surface area contributed by atoms with E-state index in [9.17, 15) is 27.2 Å². The molecule has 1 heterocycles. The monoisotopic (exact) mass is 517 g/mol. The highest BCUT2D eigenvalue weighted by Gasteiger charge is 2.56. The van der Waals surface area contributed by atoms with Crippen LogP contribution in [0.15, 0.2) is 36.5 Å². The summed E-state index contributed by atoms with van der Waals surface area (Å²) in [5.41, 5.74) is -3.22. The summed E-state index contributed by atoms with van der Waals surface area (Å²) >= 11 is 5.61. The third kappa shape index (κ3) is 5.34. The van der Waals surface area contributed by atoms with E-state index in [1.54, 1.807) is 0 Å². The van der Waals surface area contributed by atoms with Gasteiger partial charge in [0.2, 0.25) is 0 Å². The molecule has 3 aliphatic rings. The Morgan fingerprint density at radius 2 is 1.83 bits per heavy atom. The average Bonchev–Trinajstić information content (AvgIpc) is 2.80. The van der Waals surface area contributed by atoms with E-state index in [1.165, 1.54) is 12.1 Å². The lowest BCUT2D eigenvalue weighted by molar-refractivity contribution is -0.141. The maximum absolute atomic E-state index is 15.2. The van der Waals surface area contributed by atoms with Crippen LogP contribution in [-0.4, -0.2) is 40.7 Å². The smallest absolute Gasteiger partial charge is 0.433 e. The molecule has 188 valence electrons. The molecule has 6 nitrogen and oxygen atoms in total. The number of pyridine rings is 1. The van der Waals surface area contributed by atoms with Crippen LogP contribution in [0.5, 0.6) is 5.75 Å². The molecule has 2 aromatic rings. The van der Waals surface area contributed by atoms with Gasteiger partial charge in [0.1, 0.15) is 23.4 Å². The van der Waals surface area contributed by atoms with Crippen LogP contribution >= 0.6 is 11.6 Å². The molecule has 5 rings (SSSR count). The Morgan fingerprint density at radius 3 is 2.40 bits per heavy atom. The standard InChI is InChI=1S/C23H21ClF5N3O3/c24-15-3-2-14(9-16(15)25)35-12-19(33)31-21-5-7-22(8-6-21,17(26)10-21)32-20(34)13-1-4-18(30-11-13)23(27,28)29/h1-4,9,11,17H,5-8,10,12H2,(H,31,33)(H,32,34)/t17-,21?,22?/m0/s1. The topological polar surface area (TPSA) is 80.3 Å². The Balaban J connectivity index is 1.34. The van der Waals surface area contributed by atoms with E-state index < -0.39 is 53.4 Å². The van der Waals surface area contributed by atoms with Gasteiger partial charge in [-0.3, -0.25) is 14.6 Å². The number of rotatable bonds is 6. The second-order valence-corrected chi connectivity index (χ2v) is 9.31. The molecule has 35 heavy (non-hydrogen) atoms. The molecule has 0 saturated heterocycles. The first-order valence-electron chi connectivity index (χ1n) is 10.8. The van der Waals surface area contributed by atoms with Crippen LogP contribution in [0.2, 0.25) is 5.02 Å². The number of hydrogen-bond acceptors (Lipinski definition) is 4. The Hall–Kier alpha value is -2.95. The fourth-order valence-corrected chi connectivity index (χ4v) is 4.77. The number of carbonyl (C=O) groups is 2. The summed E-state index contributed by atoms with van der Waals surface area (Å²) in [7, 11) is 0. The Morgan fingerprint density at radius 1 is 1.11 bits per heavy atom. The molecule has 3 fully saturated rings. The lowest BCUT2D eigenvalue weighted by Gasteiger charge is -2.55. The van der Waals surface area contributed by atoms with Gasteiger partial charge < -0.3 is 15.4 Å². The van der Waals surface area contributed by atoms with Crippen molar-refractivity contribution in [3.63, 3.8) is 0 Å². The molecule has 2 bridgehead atoms. The lowest BCUT2D eigenvalue weighted by Crippen LogP contribution is -2.69. The van der Waals surface area contributed by atoms with Crippen molar-refractivity contribution in [2.75, 3.05) is 6.61 Å². The van der Waals surface area contributed by atoms with E-state index in [4.69, 9.17) is 16.3 Å². The van der Waals surface area contributed by atoms with Crippen LogP contribution in [0.3, 0.4) is 0 Å². The molecule has 12 heteroatoms. The molecule has 0 spiro atoms. The molecule has 0 aliphatic heterocycles. The molecular formula is C23H21ClF5N3O3. The van der Waals surface area contributed by atoms with Gasteiger partial charge in [-0.25, -0.2) is 8.78 Å². The van der Waals surface area contributed by atoms with Crippen molar-refractivity contribution in [2.45, 2.75) is 55.5 Å². The maximum Gasteiger partial charge on any atom is 0.433 e. The number of benzene rings is 1. The minimum Gasteiger partial charge on any atom is -0.484 e. The number of halogens is 6. The molecule has 1 aromatic heterocycles. The summed E-state index contributed by atoms with van der Waals surface area (Å²) in [6, 6.07) is 5.46. The number of alkyl halides is 4. The van der Waals surface area contributed by atoms with E-state index in [1.807, 2.05) is 0 Å². The van der Waals surface area contributed by atoms with Gasteiger partial charge in [0, 0.05) is 24.2 Å². The number of carbonyl (C=O) groups excluding carboxylic acids is 2. The van der Waals surface area contributed by atoms with Crippen LogP contribution < -0.4 is 15.4 Å². The van der Waals surface area contributed by atoms with Gasteiger partial charge in [0.05, 0.1) is 16.1 Å². The number of nitrogens with one attached hydrogen (secondary N) is 2. The highest BCUT2D eigenvalue weighted by molar-refractivity contribution is 6.30. The zero-order chi connectivity index (χ0) is 25.4. The summed E-state index contributed by atoms with van der Waals surface area (Å²) in [4.78, 5) is 28.3. The molecule has 1 atom stereocenters. The first-order chi connectivity index (χ1) is 16.4. The fourth-order valence-electron chi connectivity index (χ4n) is 4.65. The Kier molecular flexibility index (Phi) is 6.65. The van der Waals surface area contributed by atoms with Crippen molar-refractivity contribution in [2.24, 2.45) is 0 Å². The molecule has 0 radical (unpaired) electrons. The van der Waals surface area contributed by atoms with Gasteiger partial charge in [-0.2, -0.15) is 13.2 Å². The number of fused-ring (bicyclic) bond motifs is 3. The number of hydrogen-bond donors (Lipinski definition) is 2. The summed E-state index contributed by atoms with van der Waals surface area (Å²) in [6.07, 6.45) is -4.10. The SMILES string of the molecule is O=C(COc1ccc(Cl)c(F)c1)NC12CCC(NC(=O)c3ccc(C(F)(F)F)nc3)(CC1)[C@@H](F)C2. The average molecular weight is 518 g/mol. The summed E-state index contributed by atoms with van der Waals surface area (Å²) in [5.74, 6) is -1.78. The Bertz CT molecular complexity index is 1120. The normalized spacial score (nSPS) is 25.7. The number of ether oxygens (including phenoxy) is 1. The third-order valence-corrected chi connectivity index (χ3v) is 6.92. The maximum atomic E-state index is 15.2. The van der Waals surface area contributed by atoms with E-state index in [0.29, 0.717) is 18.9 Å². The minimum absolute atomic E-state index is 0.0418. The molecule has 1 aromatic carbocycles. The van der Waals surface area contributed by atoms with Crippen molar-refractivity contribution in [1.82, 2.24) is 15.6 Å². The van der Waals surface area contributed by atoms with Crippen molar-refractivity contribution in [3.8, 4) is 5.75 Å². The Labute approximate surface area is 202 Å². The van der Waals surface area contributed by atoms with Crippen molar-refractivity contribution in [1.29, 1.82) is 0 Å². The summed E-state index contributed by atoms with van der Waals surface area (Å²) in [6.45, 7) is -0.400. The summed E-state index contributed by atoms with van der Waals surface area (Å²) < 4.78 is 72.1. The van der Waals surface area contributed by atoms with Crippen molar-refractivity contribution >= 4 is 23.4 Å². The number of amides is 2. The van der Waals surface area contributed by atoms with Crippen LogP contribution in [0.4, 0.5) is 22.0 Å². The zero-order valence-electron chi connectivity index (χ0n) is 18.2. The predicted molar refractivity (Wildman–Crippen MR) is 115 cm³/mol. The minimum atomic E-state index is -4.63. The first-order valence-corrected chi connectivity index (χ1v) is 11.2. The van der Waals surface area contributed by atoms with Crippen LogP contribution in [-0.2, 0) is 11.0 Å². The number of nitrogens with zero attached hydrogens (tertiary/aromatic N) is 1. The second-order valence-electron chi connectivity index (χ2n) is 8.90. The van der Waals surface area contributed by atoms with Crippen molar-refractivity contribution < 1.29 is 36.3 Å². The van der Waals surface area contributed by atoms with Gasteiger partial charge in [-0.15, -0.1) is 0 Å². The fraction of sp³-hybridized carbons (Fsp3) is 0.435. The van der Waals surface area contributed by atoms with E-state index in [-0.39, 0.29) is 35.6 Å². The largest absolute Gasteiger partial charge is 0.484 e. The highest BCUT2D eigenvalue weighted by atomic mass is 35.5. The third-order valence-electron chi connectivity index (χ3n) is 6.61. The zero-order valence-corrected chi connectivity index (χ0v) is 19.0. The van der Waals surface area contributed by atoms with Crippen LogP contribution in [0.25, 0.3) is 0 Å². The van der Waals surface area contributed by atoms with E-state index in [2.05, 4.69) is 15.6 Å². The van der Waals surface area contributed by atoms with Crippen LogP contribution in [0, 0.1) is 5.82 Å². The predicted octanol–water partition coefficient (Wildman–Crippen LogP) is 4.61. The van der Waals surface area contributed by atoms with Gasteiger partial charge >= 0.3 is 6.18 Å².